The number of nitrogens with zero attached hydrogens (tertiary/aromatic N) is 1. The van der Waals surface area contributed by atoms with Crippen LogP contribution in [0.25, 0.3) is 0 Å². The number of para-hydroxylation sites is 1. The summed E-state index contributed by atoms with van der Waals surface area (Å²) in [7, 11) is -4.05. The maximum absolute atomic E-state index is 13.7. The van der Waals surface area contributed by atoms with Crippen LogP contribution in [0.3, 0.4) is 0 Å². The van der Waals surface area contributed by atoms with E-state index in [4.69, 9.17) is 0 Å². The minimum Gasteiger partial charge on any atom is -0.350 e. The van der Waals surface area contributed by atoms with Gasteiger partial charge in [0.05, 0.1) is 21.8 Å². The van der Waals surface area contributed by atoms with E-state index in [0.29, 0.717) is 16.9 Å². The molecule has 0 saturated carbocycles. The number of benzene rings is 3. The zero-order valence-corrected chi connectivity index (χ0v) is 22.1. The summed E-state index contributed by atoms with van der Waals surface area (Å²) < 4.78 is 28.5. The van der Waals surface area contributed by atoms with E-state index in [0.717, 1.165) is 27.4 Å². The number of carbonyl (C=O) groups is 2. The lowest BCUT2D eigenvalue weighted by atomic mass is 10.1. The number of hydrogen-bond acceptors (Lipinski definition) is 4. The molecule has 2 N–H and O–H groups in total. The van der Waals surface area contributed by atoms with Gasteiger partial charge >= 0.3 is 0 Å². The Morgan fingerprint density at radius 3 is 2.25 bits per heavy atom. The van der Waals surface area contributed by atoms with Crippen molar-refractivity contribution in [2.45, 2.75) is 52.0 Å². The van der Waals surface area contributed by atoms with E-state index in [-0.39, 0.29) is 16.8 Å². The fourth-order valence-electron chi connectivity index (χ4n) is 3.66. The van der Waals surface area contributed by atoms with Gasteiger partial charge in [0.2, 0.25) is 5.91 Å². The molecule has 1 atom stereocenters. The van der Waals surface area contributed by atoms with Crippen molar-refractivity contribution in [3.63, 3.8) is 0 Å². The molecule has 0 saturated heterocycles. The largest absolute Gasteiger partial charge is 0.350 e. The van der Waals surface area contributed by atoms with Gasteiger partial charge in [-0.2, -0.15) is 0 Å². The monoisotopic (exact) mass is 507 g/mol. The first-order chi connectivity index (χ1) is 17.0. The number of nitrogens with one attached hydrogen (secondary N) is 2. The second kappa shape index (κ2) is 11.4. The summed E-state index contributed by atoms with van der Waals surface area (Å²) in [4.78, 5) is 26.1. The van der Waals surface area contributed by atoms with Crippen LogP contribution >= 0.6 is 0 Å². The average molecular weight is 508 g/mol. The third kappa shape index (κ3) is 6.12. The molecule has 0 aromatic heterocycles. The second-order valence-corrected chi connectivity index (χ2v) is 10.8. The van der Waals surface area contributed by atoms with Crippen molar-refractivity contribution in [1.29, 1.82) is 0 Å². The van der Waals surface area contributed by atoms with E-state index in [1.165, 1.54) is 12.1 Å². The van der Waals surface area contributed by atoms with Crippen LogP contribution in [0, 0.1) is 20.8 Å². The zero-order valence-electron chi connectivity index (χ0n) is 21.3. The maximum Gasteiger partial charge on any atom is 0.264 e. The molecule has 0 fully saturated rings. The zero-order chi connectivity index (χ0) is 26.5. The molecule has 0 aliphatic rings. The Bertz CT molecular complexity index is 1350. The van der Waals surface area contributed by atoms with Crippen molar-refractivity contribution in [1.82, 2.24) is 5.32 Å². The predicted octanol–water partition coefficient (Wildman–Crippen LogP) is 4.97. The molecule has 0 heterocycles. The molecule has 7 nitrogen and oxygen atoms in total. The van der Waals surface area contributed by atoms with Crippen molar-refractivity contribution < 1.29 is 18.0 Å². The number of aryl methyl sites for hydroxylation is 2. The van der Waals surface area contributed by atoms with Gasteiger partial charge in [-0.05, 0) is 75.6 Å². The lowest BCUT2D eigenvalue weighted by molar-refractivity contribution is -0.114. The summed E-state index contributed by atoms with van der Waals surface area (Å²) in [5.74, 6) is -0.866. The SMILES string of the molecule is CC[C@@H](C)NC(=O)c1ccccc1NC(=O)CN(c1cccc(C)c1C)S(=O)(=O)c1ccc(C)cc1. The lowest BCUT2D eigenvalue weighted by Gasteiger charge is -2.26. The summed E-state index contributed by atoms with van der Waals surface area (Å²) in [6, 6.07) is 18.5. The number of carbonyl (C=O) groups excluding carboxylic acids is 2. The maximum atomic E-state index is 13.7. The summed E-state index contributed by atoms with van der Waals surface area (Å²) >= 11 is 0. The van der Waals surface area contributed by atoms with Crippen LogP contribution in [0.5, 0.6) is 0 Å². The van der Waals surface area contributed by atoms with Gasteiger partial charge in [-0.15, -0.1) is 0 Å². The fraction of sp³-hybridized carbons (Fsp3) is 0.286. The Hall–Kier alpha value is -3.65. The number of hydrogen-bond donors (Lipinski definition) is 2. The summed E-state index contributed by atoms with van der Waals surface area (Å²) in [6.45, 7) is 9.01. The van der Waals surface area contributed by atoms with Crippen LogP contribution < -0.4 is 14.9 Å². The van der Waals surface area contributed by atoms with Crippen molar-refractivity contribution in [3.8, 4) is 0 Å². The Balaban J connectivity index is 1.96. The third-order valence-corrected chi connectivity index (χ3v) is 7.95. The minimum atomic E-state index is -4.05. The van der Waals surface area contributed by atoms with E-state index in [1.54, 1.807) is 48.5 Å². The highest BCUT2D eigenvalue weighted by atomic mass is 32.2. The number of anilines is 2. The van der Waals surface area contributed by atoms with E-state index in [9.17, 15) is 18.0 Å². The molecular weight excluding hydrogens is 474 g/mol. The van der Waals surface area contributed by atoms with E-state index >= 15 is 0 Å². The Morgan fingerprint density at radius 1 is 0.917 bits per heavy atom. The van der Waals surface area contributed by atoms with Gasteiger partial charge in [0.25, 0.3) is 15.9 Å². The second-order valence-electron chi connectivity index (χ2n) is 8.92. The molecule has 190 valence electrons. The Kier molecular flexibility index (Phi) is 8.53. The topological polar surface area (TPSA) is 95.6 Å². The van der Waals surface area contributed by atoms with E-state index in [1.807, 2.05) is 40.7 Å². The van der Waals surface area contributed by atoms with Gasteiger partial charge in [0, 0.05) is 6.04 Å². The van der Waals surface area contributed by atoms with Crippen molar-refractivity contribution in [2.24, 2.45) is 0 Å². The molecule has 0 bridgehead atoms. The molecule has 36 heavy (non-hydrogen) atoms. The van der Waals surface area contributed by atoms with Gasteiger partial charge < -0.3 is 10.6 Å². The normalized spacial score (nSPS) is 12.0. The summed E-state index contributed by atoms with van der Waals surface area (Å²) in [6.07, 6.45) is 0.766. The molecule has 8 heteroatoms. The van der Waals surface area contributed by atoms with Gasteiger partial charge in [0.1, 0.15) is 6.54 Å². The standard InChI is InChI=1S/C28H33N3O4S/c1-6-21(4)29-28(33)24-11-7-8-12-25(24)30-27(32)18-31(26-13-9-10-20(3)22(26)5)36(34,35)23-16-14-19(2)15-17-23/h7-17,21H,6,18H2,1-5H3,(H,29,33)(H,30,32)/t21-/m1/s1. The van der Waals surface area contributed by atoms with Gasteiger partial charge in [-0.1, -0.05) is 48.9 Å². The van der Waals surface area contributed by atoms with Crippen LogP contribution in [-0.4, -0.2) is 32.8 Å². The number of rotatable bonds is 9. The highest BCUT2D eigenvalue weighted by Gasteiger charge is 2.29. The van der Waals surface area contributed by atoms with E-state index < -0.39 is 22.5 Å². The van der Waals surface area contributed by atoms with Gasteiger partial charge in [0.15, 0.2) is 0 Å². The van der Waals surface area contributed by atoms with Crippen molar-refractivity contribution >= 4 is 33.2 Å². The molecule has 3 rings (SSSR count). The quantitative estimate of drug-likeness (QED) is 0.427. The van der Waals surface area contributed by atoms with Crippen LogP contribution in [-0.2, 0) is 14.8 Å². The van der Waals surface area contributed by atoms with Gasteiger partial charge in [-0.3, -0.25) is 13.9 Å². The molecular formula is C28H33N3O4S. The van der Waals surface area contributed by atoms with Crippen LogP contribution in [0.4, 0.5) is 11.4 Å². The molecule has 0 radical (unpaired) electrons. The van der Waals surface area contributed by atoms with Crippen molar-refractivity contribution in [3.05, 3.63) is 89.0 Å². The highest BCUT2D eigenvalue weighted by Crippen LogP contribution is 2.29. The molecule has 2 amide bonds. The predicted molar refractivity (Wildman–Crippen MR) is 144 cm³/mol. The Labute approximate surface area is 213 Å². The summed E-state index contributed by atoms with van der Waals surface area (Å²) in [5.41, 5.74) is 3.65. The lowest BCUT2D eigenvalue weighted by Crippen LogP contribution is -2.39. The first-order valence-electron chi connectivity index (χ1n) is 11.9. The van der Waals surface area contributed by atoms with Crippen molar-refractivity contribution in [2.75, 3.05) is 16.2 Å². The third-order valence-electron chi connectivity index (χ3n) is 6.18. The van der Waals surface area contributed by atoms with Crippen LogP contribution in [0.2, 0.25) is 0 Å². The summed E-state index contributed by atoms with van der Waals surface area (Å²) in [5, 5.41) is 5.64. The molecule has 0 aliphatic heterocycles. The number of sulfonamides is 1. The minimum absolute atomic E-state index is 0.0271. The van der Waals surface area contributed by atoms with Crippen LogP contribution in [0.15, 0.2) is 71.6 Å². The molecule has 0 aliphatic carbocycles. The average Bonchev–Trinajstić information content (AvgIpc) is 2.85. The first kappa shape index (κ1) is 26.9. The Morgan fingerprint density at radius 2 is 1.58 bits per heavy atom. The molecule has 3 aromatic rings. The fourth-order valence-corrected chi connectivity index (χ4v) is 5.14. The molecule has 3 aromatic carbocycles. The van der Waals surface area contributed by atoms with Crippen LogP contribution in [0.1, 0.15) is 47.3 Å². The molecule has 0 spiro atoms. The highest BCUT2D eigenvalue weighted by molar-refractivity contribution is 7.92. The molecule has 0 unspecified atom stereocenters. The first-order valence-corrected chi connectivity index (χ1v) is 13.3. The van der Waals surface area contributed by atoms with Gasteiger partial charge in [-0.25, -0.2) is 8.42 Å². The van der Waals surface area contributed by atoms with E-state index in [2.05, 4.69) is 10.6 Å². The smallest absolute Gasteiger partial charge is 0.264 e. The number of amides is 2.